The average Bonchev–Trinajstić information content (AvgIpc) is 2.41. The summed E-state index contributed by atoms with van der Waals surface area (Å²) in [6, 6.07) is 6.04. The first-order valence-corrected chi connectivity index (χ1v) is 7.28. The second-order valence-corrected chi connectivity index (χ2v) is 5.50. The molecule has 18 heavy (non-hydrogen) atoms. The van der Waals surface area contributed by atoms with Crippen molar-refractivity contribution < 1.29 is 9.47 Å². The first-order valence-electron chi connectivity index (χ1n) is 5.95. The molecule has 1 fully saturated rings. The molecule has 1 heterocycles. The highest BCUT2D eigenvalue weighted by molar-refractivity contribution is 9.10. The maximum Gasteiger partial charge on any atom is 0.119 e. The largest absolute Gasteiger partial charge is 0.497 e. The van der Waals surface area contributed by atoms with E-state index in [9.17, 15) is 0 Å². The quantitative estimate of drug-likeness (QED) is 0.790. The molecule has 0 saturated carbocycles. The molecule has 0 bridgehead atoms. The number of hydrogen-bond acceptors (Lipinski definition) is 3. The highest BCUT2D eigenvalue weighted by Gasteiger charge is 2.20. The van der Waals surface area contributed by atoms with Gasteiger partial charge in [0.1, 0.15) is 5.75 Å². The Bertz CT molecular complexity index is 403. The minimum absolute atomic E-state index is 0.143. The molecule has 0 amide bonds. The van der Waals surface area contributed by atoms with Gasteiger partial charge in [-0.3, -0.25) is 4.90 Å². The maximum absolute atomic E-state index is 5.85. The number of hydrogen-bond donors (Lipinski definition) is 0. The highest BCUT2D eigenvalue weighted by atomic mass is 79.9. The van der Waals surface area contributed by atoms with Gasteiger partial charge in [0.25, 0.3) is 0 Å². The van der Waals surface area contributed by atoms with Crippen molar-refractivity contribution in [3.8, 4) is 5.75 Å². The zero-order valence-corrected chi connectivity index (χ0v) is 12.7. The fourth-order valence-corrected chi connectivity index (χ4v) is 2.62. The summed E-state index contributed by atoms with van der Waals surface area (Å²) < 4.78 is 11.9. The second kappa shape index (κ2) is 6.75. The van der Waals surface area contributed by atoms with Crippen molar-refractivity contribution in [2.24, 2.45) is 0 Å². The SMILES string of the molecule is COc1ccc(Br)c(CN2CCOC(CCl)C2)c1. The van der Waals surface area contributed by atoms with Crippen molar-refractivity contribution in [2.45, 2.75) is 12.6 Å². The van der Waals surface area contributed by atoms with Gasteiger partial charge in [-0.1, -0.05) is 15.9 Å². The molecule has 3 nitrogen and oxygen atoms in total. The smallest absolute Gasteiger partial charge is 0.119 e. The number of halogens is 2. The van der Waals surface area contributed by atoms with E-state index in [1.165, 1.54) is 5.56 Å². The van der Waals surface area contributed by atoms with E-state index in [4.69, 9.17) is 21.1 Å². The molecule has 5 heteroatoms. The number of benzene rings is 1. The third-order valence-corrected chi connectivity index (χ3v) is 4.16. The number of morpholine rings is 1. The van der Waals surface area contributed by atoms with Gasteiger partial charge in [-0.15, -0.1) is 11.6 Å². The number of methoxy groups -OCH3 is 1. The molecule has 1 atom stereocenters. The van der Waals surface area contributed by atoms with Crippen LogP contribution in [0.5, 0.6) is 5.75 Å². The van der Waals surface area contributed by atoms with Crippen molar-refractivity contribution in [3.63, 3.8) is 0 Å². The molecule has 1 unspecified atom stereocenters. The Balaban J connectivity index is 2.04. The number of rotatable bonds is 4. The standard InChI is InChI=1S/C13H17BrClNO2/c1-17-11-2-3-13(14)10(6-11)8-16-4-5-18-12(7-15)9-16/h2-3,6,12H,4-5,7-9H2,1H3. The first-order chi connectivity index (χ1) is 8.72. The lowest BCUT2D eigenvalue weighted by Crippen LogP contribution is -2.42. The van der Waals surface area contributed by atoms with Gasteiger partial charge in [-0.2, -0.15) is 0 Å². The van der Waals surface area contributed by atoms with Crippen LogP contribution in [0.2, 0.25) is 0 Å². The van der Waals surface area contributed by atoms with E-state index in [-0.39, 0.29) is 6.10 Å². The van der Waals surface area contributed by atoms with Gasteiger partial charge in [-0.25, -0.2) is 0 Å². The van der Waals surface area contributed by atoms with Crippen molar-refractivity contribution in [1.82, 2.24) is 4.90 Å². The summed E-state index contributed by atoms with van der Waals surface area (Å²) in [5.41, 5.74) is 1.23. The Labute approximate surface area is 121 Å². The number of nitrogens with zero attached hydrogens (tertiary/aromatic N) is 1. The van der Waals surface area contributed by atoms with Crippen LogP contribution in [0.3, 0.4) is 0 Å². The lowest BCUT2D eigenvalue weighted by atomic mass is 10.2. The third-order valence-electron chi connectivity index (χ3n) is 3.04. The summed E-state index contributed by atoms with van der Waals surface area (Å²) in [5, 5.41) is 0. The van der Waals surface area contributed by atoms with Crippen LogP contribution < -0.4 is 4.74 Å². The van der Waals surface area contributed by atoms with Gasteiger partial charge in [0, 0.05) is 30.0 Å². The molecule has 0 N–H and O–H groups in total. The lowest BCUT2D eigenvalue weighted by molar-refractivity contribution is -0.0194. The Morgan fingerprint density at radius 3 is 3.11 bits per heavy atom. The molecule has 0 aliphatic carbocycles. The molecule has 0 radical (unpaired) electrons. The van der Waals surface area contributed by atoms with Crippen LogP contribution in [0.4, 0.5) is 0 Å². The van der Waals surface area contributed by atoms with E-state index in [1.54, 1.807) is 7.11 Å². The predicted octanol–water partition coefficient (Wildman–Crippen LogP) is 2.90. The Kier molecular flexibility index (Phi) is 5.30. The van der Waals surface area contributed by atoms with Crippen molar-refractivity contribution in [3.05, 3.63) is 28.2 Å². The summed E-state index contributed by atoms with van der Waals surface area (Å²) in [4.78, 5) is 2.36. The van der Waals surface area contributed by atoms with Crippen LogP contribution in [0, 0.1) is 0 Å². The molecule has 1 saturated heterocycles. The van der Waals surface area contributed by atoms with Gasteiger partial charge in [-0.05, 0) is 23.8 Å². The Morgan fingerprint density at radius 2 is 2.39 bits per heavy atom. The molecule has 2 rings (SSSR count). The van der Waals surface area contributed by atoms with E-state index in [1.807, 2.05) is 12.1 Å². The summed E-state index contributed by atoms with van der Waals surface area (Å²) >= 11 is 9.43. The van der Waals surface area contributed by atoms with Gasteiger partial charge in [0.05, 0.1) is 19.8 Å². The highest BCUT2D eigenvalue weighted by Crippen LogP contribution is 2.24. The normalized spacial score (nSPS) is 20.9. The first kappa shape index (κ1) is 14.1. The van der Waals surface area contributed by atoms with Crippen LogP contribution in [0.15, 0.2) is 22.7 Å². The van der Waals surface area contributed by atoms with Crippen LogP contribution >= 0.6 is 27.5 Å². The van der Waals surface area contributed by atoms with Crippen LogP contribution in [0.1, 0.15) is 5.56 Å². The zero-order valence-electron chi connectivity index (χ0n) is 10.4. The summed E-state index contributed by atoms with van der Waals surface area (Å²) in [7, 11) is 1.69. The van der Waals surface area contributed by atoms with Gasteiger partial charge < -0.3 is 9.47 Å². The van der Waals surface area contributed by atoms with Gasteiger partial charge >= 0.3 is 0 Å². The predicted molar refractivity (Wildman–Crippen MR) is 76.4 cm³/mol. The lowest BCUT2D eigenvalue weighted by Gasteiger charge is -2.32. The summed E-state index contributed by atoms with van der Waals surface area (Å²) in [5.74, 6) is 1.44. The van der Waals surface area contributed by atoms with E-state index in [0.717, 1.165) is 36.5 Å². The molecule has 0 spiro atoms. The zero-order chi connectivity index (χ0) is 13.0. The molecule has 100 valence electrons. The van der Waals surface area contributed by atoms with E-state index < -0.39 is 0 Å². The maximum atomic E-state index is 5.85. The van der Waals surface area contributed by atoms with Crippen LogP contribution in [0.25, 0.3) is 0 Å². The van der Waals surface area contributed by atoms with Crippen LogP contribution in [-0.4, -0.2) is 43.7 Å². The monoisotopic (exact) mass is 333 g/mol. The molecular formula is C13H17BrClNO2. The van der Waals surface area contributed by atoms with Crippen LogP contribution in [-0.2, 0) is 11.3 Å². The molecule has 1 aromatic carbocycles. The van der Waals surface area contributed by atoms with E-state index in [0.29, 0.717) is 5.88 Å². The topological polar surface area (TPSA) is 21.7 Å². The summed E-state index contributed by atoms with van der Waals surface area (Å²) in [6.45, 7) is 3.46. The molecule has 1 aliphatic heterocycles. The third kappa shape index (κ3) is 3.60. The minimum Gasteiger partial charge on any atom is -0.497 e. The Hall–Kier alpha value is -0.290. The van der Waals surface area contributed by atoms with Gasteiger partial charge in [0.2, 0.25) is 0 Å². The fourth-order valence-electron chi connectivity index (χ4n) is 2.06. The van der Waals surface area contributed by atoms with Crippen molar-refractivity contribution in [1.29, 1.82) is 0 Å². The minimum atomic E-state index is 0.143. The van der Waals surface area contributed by atoms with Gasteiger partial charge in [0.15, 0.2) is 0 Å². The average molecular weight is 335 g/mol. The van der Waals surface area contributed by atoms with E-state index in [2.05, 4.69) is 26.9 Å². The molecule has 1 aromatic rings. The Morgan fingerprint density at radius 1 is 1.56 bits per heavy atom. The fraction of sp³-hybridized carbons (Fsp3) is 0.538. The number of ether oxygens (including phenoxy) is 2. The summed E-state index contributed by atoms with van der Waals surface area (Å²) in [6.07, 6.45) is 0.143. The molecule has 0 aromatic heterocycles. The van der Waals surface area contributed by atoms with Crippen molar-refractivity contribution >= 4 is 27.5 Å². The second-order valence-electron chi connectivity index (χ2n) is 4.34. The molecular weight excluding hydrogens is 318 g/mol. The number of alkyl halides is 1. The van der Waals surface area contributed by atoms with E-state index >= 15 is 0 Å². The van der Waals surface area contributed by atoms with Crippen molar-refractivity contribution in [2.75, 3.05) is 32.7 Å². The molecule has 1 aliphatic rings.